The van der Waals surface area contributed by atoms with E-state index in [0.29, 0.717) is 16.5 Å². The number of rotatable bonds is 5. The van der Waals surface area contributed by atoms with Gasteiger partial charge in [0, 0.05) is 5.02 Å². The highest BCUT2D eigenvalue weighted by atomic mass is 35.5. The summed E-state index contributed by atoms with van der Waals surface area (Å²) in [5.41, 5.74) is 0.856. The summed E-state index contributed by atoms with van der Waals surface area (Å²) in [6, 6.07) is 14.4. The Labute approximate surface area is 139 Å². The third-order valence-electron chi connectivity index (χ3n) is 2.56. The molecule has 0 saturated carbocycles. The van der Waals surface area contributed by atoms with Crippen molar-refractivity contribution in [2.75, 3.05) is 0 Å². The number of ether oxygens (including phenoxy) is 2. The molecule has 6 heteroatoms. The highest BCUT2D eigenvalue weighted by Gasteiger charge is 2.10. The van der Waals surface area contributed by atoms with Gasteiger partial charge in [0.15, 0.2) is 0 Å². The van der Waals surface area contributed by atoms with E-state index in [9.17, 15) is 4.79 Å². The standard InChI is InChI=1S/C15H13ClO3S2/c16-11-3-7-13(8-4-11)19-12-5-1-10(2-6-12)9-18-14(17)15(20)21/h1-8,15,20-21H,9H2. The number of hydrogen-bond acceptors (Lipinski definition) is 5. The molecule has 0 aliphatic heterocycles. The molecule has 0 bridgehead atoms. The van der Waals surface area contributed by atoms with E-state index in [4.69, 9.17) is 21.1 Å². The van der Waals surface area contributed by atoms with E-state index in [1.807, 2.05) is 12.1 Å². The van der Waals surface area contributed by atoms with Crippen LogP contribution in [0.3, 0.4) is 0 Å². The Morgan fingerprint density at radius 2 is 1.52 bits per heavy atom. The van der Waals surface area contributed by atoms with Crippen molar-refractivity contribution in [2.24, 2.45) is 0 Å². The normalized spacial score (nSPS) is 10.5. The molecule has 0 amide bonds. The Morgan fingerprint density at radius 1 is 1.00 bits per heavy atom. The van der Waals surface area contributed by atoms with Crippen LogP contribution in [0.5, 0.6) is 11.5 Å². The van der Waals surface area contributed by atoms with E-state index in [-0.39, 0.29) is 6.61 Å². The van der Waals surface area contributed by atoms with Crippen molar-refractivity contribution >= 4 is 42.8 Å². The molecule has 0 N–H and O–H groups in total. The molecule has 21 heavy (non-hydrogen) atoms. The van der Waals surface area contributed by atoms with Gasteiger partial charge in [0.25, 0.3) is 0 Å². The van der Waals surface area contributed by atoms with Crippen LogP contribution in [0.1, 0.15) is 5.56 Å². The summed E-state index contributed by atoms with van der Waals surface area (Å²) in [5.74, 6) is 0.920. The molecule has 2 aromatic rings. The Hall–Kier alpha value is -1.30. The second kappa shape index (κ2) is 7.64. The van der Waals surface area contributed by atoms with Crippen LogP contribution in [0.2, 0.25) is 5.02 Å². The first-order valence-electron chi connectivity index (χ1n) is 6.10. The maximum absolute atomic E-state index is 11.2. The van der Waals surface area contributed by atoms with Gasteiger partial charge in [0.05, 0.1) is 0 Å². The number of halogens is 1. The van der Waals surface area contributed by atoms with Gasteiger partial charge in [-0.25, -0.2) is 4.79 Å². The topological polar surface area (TPSA) is 35.5 Å². The first-order chi connectivity index (χ1) is 10.0. The quantitative estimate of drug-likeness (QED) is 0.482. The third-order valence-corrected chi connectivity index (χ3v) is 3.24. The third kappa shape index (κ3) is 5.19. The van der Waals surface area contributed by atoms with E-state index >= 15 is 0 Å². The lowest BCUT2D eigenvalue weighted by atomic mass is 10.2. The van der Waals surface area contributed by atoms with Gasteiger partial charge in [-0.3, -0.25) is 0 Å². The SMILES string of the molecule is O=C(OCc1ccc(Oc2ccc(Cl)cc2)cc1)C(S)S. The van der Waals surface area contributed by atoms with Crippen LogP contribution in [-0.2, 0) is 16.1 Å². The van der Waals surface area contributed by atoms with Gasteiger partial charge in [0.2, 0.25) is 0 Å². The molecule has 3 nitrogen and oxygen atoms in total. The lowest BCUT2D eigenvalue weighted by Gasteiger charge is -2.08. The van der Waals surface area contributed by atoms with Gasteiger partial charge < -0.3 is 9.47 Å². The van der Waals surface area contributed by atoms with Crippen molar-refractivity contribution in [3.8, 4) is 11.5 Å². The lowest BCUT2D eigenvalue weighted by molar-refractivity contribution is -0.142. The number of carbonyl (C=O) groups is 1. The van der Waals surface area contributed by atoms with Crippen LogP contribution in [0.25, 0.3) is 0 Å². The largest absolute Gasteiger partial charge is 0.459 e. The van der Waals surface area contributed by atoms with E-state index in [2.05, 4.69) is 25.3 Å². The monoisotopic (exact) mass is 340 g/mol. The van der Waals surface area contributed by atoms with E-state index in [1.54, 1.807) is 36.4 Å². The lowest BCUT2D eigenvalue weighted by Crippen LogP contribution is -2.12. The molecule has 0 aromatic heterocycles. The highest BCUT2D eigenvalue weighted by molar-refractivity contribution is 8.00. The molecular weight excluding hydrogens is 328 g/mol. The molecule has 0 radical (unpaired) electrons. The van der Waals surface area contributed by atoms with Crippen LogP contribution in [-0.4, -0.2) is 10.6 Å². The second-order valence-electron chi connectivity index (χ2n) is 4.18. The van der Waals surface area contributed by atoms with Crippen molar-refractivity contribution in [1.82, 2.24) is 0 Å². The number of carbonyl (C=O) groups excluding carboxylic acids is 1. The zero-order valence-corrected chi connectivity index (χ0v) is 13.4. The Kier molecular flexibility index (Phi) is 5.85. The van der Waals surface area contributed by atoms with E-state index in [1.165, 1.54) is 0 Å². The van der Waals surface area contributed by atoms with Gasteiger partial charge in [0.1, 0.15) is 22.7 Å². The average Bonchev–Trinajstić information content (AvgIpc) is 2.48. The van der Waals surface area contributed by atoms with Gasteiger partial charge in [-0.2, -0.15) is 25.3 Å². The Morgan fingerprint density at radius 3 is 2.05 bits per heavy atom. The molecular formula is C15H13ClO3S2. The van der Waals surface area contributed by atoms with E-state index < -0.39 is 10.6 Å². The molecule has 0 saturated heterocycles. The van der Waals surface area contributed by atoms with Crippen molar-refractivity contribution in [2.45, 2.75) is 11.2 Å². The minimum atomic E-state index is -0.725. The number of esters is 1. The zero-order valence-electron chi connectivity index (χ0n) is 10.9. The molecule has 0 unspecified atom stereocenters. The fourth-order valence-electron chi connectivity index (χ4n) is 1.52. The number of hydrogen-bond donors (Lipinski definition) is 2. The maximum atomic E-state index is 11.2. The van der Waals surface area contributed by atoms with Crippen molar-refractivity contribution < 1.29 is 14.3 Å². The van der Waals surface area contributed by atoms with Crippen LogP contribution >= 0.6 is 36.9 Å². The molecule has 0 heterocycles. The molecule has 110 valence electrons. The molecule has 2 aromatic carbocycles. The Bertz CT molecular complexity index is 597. The van der Waals surface area contributed by atoms with Crippen LogP contribution in [0.4, 0.5) is 0 Å². The number of thiol groups is 2. The van der Waals surface area contributed by atoms with Gasteiger partial charge >= 0.3 is 5.97 Å². The summed E-state index contributed by atoms with van der Waals surface area (Å²) >= 11 is 13.6. The predicted molar refractivity (Wildman–Crippen MR) is 89.5 cm³/mol. The smallest absolute Gasteiger partial charge is 0.329 e. The molecule has 0 aliphatic rings. The summed E-state index contributed by atoms with van der Waals surface area (Å²) in [5, 5.41) is 0.659. The summed E-state index contributed by atoms with van der Waals surface area (Å²) in [4.78, 5) is 11.2. The van der Waals surface area contributed by atoms with Crippen molar-refractivity contribution in [1.29, 1.82) is 0 Å². The fraction of sp³-hybridized carbons (Fsp3) is 0.133. The Balaban J connectivity index is 1.92. The fourth-order valence-corrected chi connectivity index (χ4v) is 1.80. The maximum Gasteiger partial charge on any atom is 0.329 e. The molecule has 0 aliphatic carbocycles. The summed E-state index contributed by atoms with van der Waals surface area (Å²) in [6.45, 7) is 0.178. The predicted octanol–water partition coefficient (Wildman–Crippen LogP) is 4.36. The van der Waals surface area contributed by atoms with Crippen molar-refractivity contribution in [3.05, 3.63) is 59.1 Å². The molecule has 0 fully saturated rings. The van der Waals surface area contributed by atoms with Crippen LogP contribution in [0, 0.1) is 0 Å². The molecule has 2 rings (SSSR count). The van der Waals surface area contributed by atoms with Crippen LogP contribution < -0.4 is 4.74 Å². The first kappa shape index (κ1) is 16.1. The van der Waals surface area contributed by atoms with Crippen LogP contribution in [0.15, 0.2) is 48.5 Å². The van der Waals surface area contributed by atoms with Gasteiger partial charge in [-0.1, -0.05) is 23.7 Å². The minimum absolute atomic E-state index is 0.178. The van der Waals surface area contributed by atoms with Gasteiger partial charge in [-0.05, 0) is 42.0 Å². The molecule has 0 atom stereocenters. The highest BCUT2D eigenvalue weighted by Crippen LogP contribution is 2.23. The zero-order chi connectivity index (χ0) is 15.2. The molecule has 0 spiro atoms. The van der Waals surface area contributed by atoms with Crippen molar-refractivity contribution in [3.63, 3.8) is 0 Å². The summed E-state index contributed by atoms with van der Waals surface area (Å²) in [6.07, 6.45) is 0. The number of benzene rings is 2. The second-order valence-corrected chi connectivity index (χ2v) is 6.06. The van der Waals surface area contributed by atoms with Gasteiger partial charge in [-0.15, -0.1) is 0 Å². The average molecular weight is 341 g/mol. The summed E-state index contributed by atoms with van der Waals surface area (Å²) < 4.78 is 9.95. The summed E-state index contributed by atoms with van der Waals surface area (Å²) in [7, 11) is 0. The van der Waals surface area contributed by atoms with E-state index in [0.717, 1.165) is 5.56 Å². The first-order valence-corrected chi connectivity index (χ1v) is 7.51. The minimum Gasteiger partial charge on any atom is -0.459 e.